The molecule has 0 atom stereocenters. The number of nitrogens with zero attached hydrogens (tertiary/aromatic N) is 1. The highest BCUT2D eigenvalue weighted by Crippen LogP contribution is 2.26. The van der Waals surface area contributed by atoms with Gasteiger partial charge in [0.2, 0.25) is 0 Å². The van der Waals surface area contributed by atoms with E-state index in [0.717, 1.165) is 16.5 Å². The highest BCUT2D eigenvalue weighted by molar-refractivity contribution is 14.0. The highest BCUT2D eigenvalue weighted by Gasteiger charge is 2.12. The minimum Gasteiger partial charge on any atom is -0.497 e. The van der Waals surface area contributed by atoms with Crippen LogP contribution < -0.4 is 20.1 Å². The third-order valence-corrected chi connectivity index (χ3v) is 4.58. The van der Waals surface area contributed by atoms with E-state index in [9.17, 15) is 13.2 Å². The number of halogens is 4. The molecule has 1 heterocycles. The maximum Gasteiger partial charge on any atom is 0.387 e. The van der Waals surface area contributed by atoms with Gasteiger partial charge in [0.15, 0.2) is 5.96 Å². The van der Waals surface area contributed by atoms with Gasteiger partial charge in [-0.3, -0.25) is 4.99 Å². The SMILES string of the molecule is CN=C(NCCc1c[nH]c2cc(F)ccc12)NCc1ccc(OC)cc1OC(F)F.I. The lowest BCUT2D eigenvalue weighted by molar-refractivity contribution is -0.0505. The number of guanidine groups is 1. The molecule has 10 heteroatoms. The van der Waals surface area contributed by atoms with Crippen molar-refractivity contribution >= 4 is 40.8 Å². The predicted molar refractivity (Wildman–Crippen MR) is 125 cm³/mol. The molecule has 0 saturated heterocycles. The molecule has 0 unspecified atom stereocenters. The lowest BCUT2D eigenvalue weighted by atomic mass is 10.1. The summed E-state index contributed by atoms with van der Waals surface area (Å²) < 4.78 is 48.3. The van der Waals surface area contributed by atoms with Crippen molar-refractivity contribution in [3.8, 4) is 11.5 Å². The van der Waals surface area contributed by atoms with Gasteiger partial charge >= 0.3 is 6.61 Å². The van der Waals surface area contributed by atoms with E-state index in [1.807, 2.05) is 6.20 Å². The van der Waals surface area contributed by atoms with Gasteiger partial charge in [0, 0.05) is 48.9 Å². The van der Waals surface area contributed by atoms with Crippen molar-refractivity contribution in [2.24, 2.45) is 4.99 Å². The minimum absolute atomic E-state index is 0. The molecule has 3 N–H and O–H groups in total. The van der Waals surface area contributed by atoms with Crippen LogP contribution in [0.25, 0.3) is 10.9 Å². The Bertz CT molecular complexity index is 1030. The normalized spacial score (nSPS) is 11.4. The van der Waals surface area contributed by atoms with Crippen LogP contribution in [0.5, 0.6) is 11.5 Å². The molecule has 2 aromatic carbocycles. The van der Waals surface area contributed by atoms with Crippen molar-refractivity contribution in [3.05, 3.63) is 59.5 Å². The van der Waals surface area contributed by atoms with Crippen LogP contribution in [0.2, 0.25) is 0 Å². The number of aromatic amines is 1. The topological polar surface area (TPSA) is 70.7 Å². The van der Waals surface area contributed by atoms with Crippen molar-refractivity contribution in [2.75, 3.05) is 20.7 Å². The first-order valence-electron chi connectivity index (χ1n) is 9.32. The van der Waals surface area contributed by atoms with Crippen LogP contribution in [0, 0.1) is 5.82 Å². The molecule has 0 bridgehead atoms. The number of nitrogens with one attached hydrogen (secondary N) is 3. The number of ether oxygens (including phenoxy) is 2. The summed E-state index contributed by atoms with van der Waals surface area (Å²) in [6.45, 7) is -2.12. The number of methoxy groups -OCH3 is 1. The highest BCUT2D eigenvalue weighted by atomic mass is 127. The van der Waals surface area contributed by atoms with Crippen molar-refractivity contribution in [3.63, 3.8) is 0 Å². The van der Waals surface area contributed by atoms with Crippen molar-refractivity contribution < 1.29 is 22.6 Å². The first kappa shape index (κ1) is 24.6. The zero-order chi connectivity index (χ0) is 21.5. The van der Waals surface area contributed by atoms with Gasteiger partial charge in [0.05, 0.1) is 7.11 Å². The molecule has 0 aliphatic heterocycles. The zero-order valence-corrected chi connectivity index (χ0v) is 19.4. The van der Waals surface area contributed by atoms with Crippen LogP contribution in [0.4, 0.5) is 13.2 Å². The molecule has 0 aliphatic rings. The maximum atomic E-state index is 13.3. The molecule has 3 aromatic rings. The lowest BCUT2D eigenvalue weighted by Gasteiger charge is -2.15. The summed E-state index contributed by atoms with van der Waals surface area (Å²) in [5.74, 6) is 0.695. The van der Waals surface area contributed by atoms with Gasteiger partial charge in [-0.25, -0.2) is 4.39 Å². The van der Waals surface area contributed by atoms with E-state index in [4.69, 9.17) is 4.74 Å². The fraction of sp³-hybridized carbons (Fsp3) is 0.286. The van der Waals surface area contributed by atoms with Gasteiger partial charge in [-0.15, -0.1) is 24.0 Å². The number of H-pyrrole nitrogens is 1. The average Bonchev–Trinajstić information content (AvgIpc) is 3.12. The van der Waals surface area contributed by atoms with E-state index < -0.39 is 6.61 Å². The average molecular weight is 548 g/mol. The number of rotatable bonds is 8. The summed E-state index contributed by atoms with van der Waals surface area (Å²) in [4.78, 5) is 7.20. The summed E-state index contributed by atoms with van der Waals surface area (Å²) in [6.07, 6.45) is 2.54. The summed E-state index contributed by atoms with van der Waals surface area (Å²) in [5.41, 5.74) is 2.34. The van der Waals surface area contributed by atoms with Crippen LogP contribution >= 0.6 is 24.0 Å². The first-order valence-corrected chi connectivity index (χ1v) is 9.32. The Kier molecular flexibility index (Phi) is 9.28. The number of benzene rings is 2. The summed E-state index contributed by atoms with van der Waals surface area (Å²) in [5, 5.41) is 7.22. The van der Waals surface area contributed by atoms with E-state index >= 15 is 0 Å². The molecule has 6 nitrogen and oxygen atoms in total. The van der Waals surface area contributed by atoms with Crippen molar-refractivity contribution in [2.45, 2.75) is 19.6 Å². The Balaban J connectivity index is 0.00000341. The van der Waals surface area contributed by atoms with Gasteiger partial charge in [-0.1, -0.05) is 0 Å². The quantitative estimate of drug-likeness (QED) is 0.221. The minimum atomic E-state index is -2.93. The molecular weight excluding hydrogens is 524 g/mol. The van der Waals surface area contributed by atoms with E-state index in [1.54, 1.807) is 25.2 Å². The van der Waals surface area contributed by atoms with E-state index in [-0.39, 0.29) is 42.1 Å². The summed E-state index contributed by atoms with van der Waals surface area (Å²) >= 11 is 0. The number of fused-ring (bicyclic) bond motifs is 1. The molecule has 31 heavy (non-hydrogen) atoms. The van der Waals surface area contributed by atoms with E-state index in [1.165, 1.54) is 25.3 Å². The second kappa shape index (κ2) is 11.7. The van der Waals surface area contributed by atoms with E-state index in [2.05, 4.69) is 25.3 Å². The Morgan fingerprint density at radius 1 is 1.13 bits per heavy atom. The Morgan fingerprint density at radius 2 is 1.94 bits per heavy atom. The maximum absolute atomic E-state index is 13.3. The van der Waals surface area contributed by atoms with Crippen molar-refractivity contribution in [1.82, 2.24) is 15.6 Å². The summed E-state index contributed by atoms with van der Waals surface area (Å²) in [6, 6.07) is 9.38. The molecule has 0 fully saturated rings. The van der Waals surface area contributed by atoms with Gasteiger partial charge in [0.25, 0.3) is 0 Å². The molecule has 0 aliphatic carbocycles. The third kappa shape index (κ3) is 6.68. The zero-order valence-electron chi connectivity index (χ0n) is 17.0. The fourth-order valence-electron chi connectivity index (χ4n) is 3.09. The Morgan fingerprint density at radius 3 is 2.65 bits per heavy atom. The number of hydrogen-bond donors (Lipinski definition) is 3. The summed E-state index contributed by atoms with van der Waals surface area (Å²) in [7, 11) is 3.07. The van der Waals surface area contributed by atoms with Gasteiger partial charge in [-0.05, 0) is 42.3 Å². The van der Waals surface area contributed by atoms with Crippen LogP contribution in [0.1, 0.15) is 11.1 Å². The van der Waals surface area contributed by atoms with Gasteiger partial charge < -0.3 is 25.1 Å². The van der Waals surface area contributed by atoms with Gasteiger partial charge in [-0.2, -0.15) is 8.78 Å². The standard InChI is InChI=1S/C21H23F3N4O2.HI/c1-25-21(26-8-7-13-11-27-18-9-15(22)4-6-17(13)18)28-12-14-3-5-16(29-2)10-19(14)30-20(23)24;/h3-6,9-11,20,27H,7-8,12H2,1-2H3,(H2,25,26,28);1H. The molecule has 0 spiro atoms. The fourth-order valence-corrected chi connectivity index (χ4v) is 3.09. The molecule has 0 saturated carbocycles. The number of aliphatic imine (C=N–C) groups is 1. The molecule has 0 amide bonds. The lowest BCUT2D eigenvalue weighted by Crippen LogP contribution is -2.37. The van der Waals surface area contributed by atoms with Crippen molar-refractivity contribution in [1.29, 1.82) is 0 Å². The van der Waals surface area contributed by atoms with Crippen LogP contribution in [0.3, 0.4) is 0 Å². The van der Waals surface area contributed by atoms with Crippen LogP contribution in [0.15, 0.2) is 47.6 Å². The predicted octanol–water partition coefficient (Wildman–Crippen LogP) is 4.44. The molecular formula is C21H24F3IN4O2. The monoisotopic (exact) mass is 548 g/mol. The molecule has 1 aromatic heterocycles. The molecule has 168 valence electrons. The Labute approximate surface area is 195 Å². The Hall–Kier alpha value is -2.63. The third-order valence-electron chi connectivity index (χ3n) is 4.58. The first-order chi connectivity index (χ1) is 14.5. The molecule has 3 rings (SSSR count). The van der Waals surface area contributed by atoms with E-state index in [0.29, 0.717) is 30.2 Å². The smallest absolute Gasteiger partial charge is 0.387 e. The second-order valence-corrected chi connectivity index (χ2v) is 6.46. The van der Waals surface area contributed by atoms with Gasteiger partial charge in [0.1, 0.15) is 17.3 Å². The second-order valence-electron chi connectivity index (χ2n) is 6.46. The number of alkyl halides is 2. The van der Waals surface area contributed by atoms with Crippen LogP contribution in [-0.2, 0) is 13.0 Å². The largest absolute Gasteiger partial charge is 0.497 e. The number of aromatic nitrogens is 1. The van der Waals surface area contributed by atoms with Crippen LogP contribution in [-0.4, -0.2) is 38.3 Å². The molecule has 0 radical (unpaired) electrons. The number of hydrogen-bond acceptors (Lipinski definition) is 3.